The maximum Gasteiger partial charge on any atom is 0.210 e. The molecule has 0 spiro atoms. The lowest BCUT2D eigenvalue weighted by Gasteiger charge is -2.33. The van der Waals surface area contributed by atoms with Crippen LogP contribution in [-0.2, 0) is 9.53 Å². The van der Waals surface area contributed by atoms with Gasteiger partial charge in [0.15, 0.2) is 0 Å². The van der Waals surface area contributed by atoms with E-state index in [4.69, 9.17) is 4.74 Å². The Morgan fingerprint density at radius 1 is 1.28 bits per heavy atom. The van der Waals surface area contributed by atoms with E-state index >= 15 is 0 Å². The lowest BCUT2D eigenvalue weighted by atomic mass is 9.77. The van der Waals surface area contributed by atoms with Gasteiger partial charge in [0, 0.05) is 4.92 Å². The Bertz CT molecular complexity index is 269. The van der Waals surface area contributed by atoms with Crippen molar-refractivity contribution in [2.45, 2.75) is 59.7 Å². The number of rotatable bonds is 8. The minimum absolute atomic E-state index is 0.0168. The lowest BCUT2D eigenvalue weighted by molar-refractivity contribution is -0.494. The summed E-state index contributed by atoms with van der Waals surface area (Å²) in [5.41, 5.74) is -0.343. The molecule has 0 amide bonds. The first-order valence-corrected chi connectivity index (χ1v) is 6.48. The molecule has 0 aliphatic carbocycles. The Kier molecular flexibility index (Phi) is 7.06. The fraction of sp³-hybridized carbons (Fsp3) is 0.923. The molecule has 0 aromatic heterocycles. The SMILES string of the molecule is CCC(CC)O[C@H](C=O)[C@@H](C[N+](=O)[O-])C(C)(C)C. The van der Waals surface area contributed by atoms with Crippen LogP contribution in [0.1, 0.15) is 47.5 Å². The van der Waals surface area contributed by atoms with Crippen LogP contribution in [0.5, 0.6) is 0 Å². The second-order valence-corrected chi connectivity index (χ2v) is 5.66. The van der Waals surface area contributed by atoms with Gasteiger partial charge in [-0.1, -0.05) is 34.6 Å². The van der Waals surface area contributed by atoms with Crippen molar-refractivity contribution >= 4 is 6.29 Å². The van der Waals surface area contributed by atoms with Crippen LogP contribution < -0.4 is 0 Å². The molecule has 0 saturated carbocycles. The quantitative estimate of drug-likeness (QED) is 0.382. The molecule has 0 bridgehead atoms. The molecule has 5 nitrogen and oxygen atoms in total. The highest BCUT2D eigenvalue weighted by atomic mass is 16.6. The summed E-state index contributed by atoms with van der Waals surface area (Å²) in [4.78, 5) is 21.6. The minimum Gasteiger partial charge on any atom is -0.367 e. The Balaban J connectivity index is 4.92. The van der Waals surface area contributed by atoms with E-state index in [1.807, 2.05) is 34.6 Å². The molecule has 0 rings (SSSR count). The Morgan fingerprint density at radius 2 is 1.78 bits per heavy atom. The van der Waals surface area contributed by atoms with Gasteiger partial charge in [-0.2, -0.15) is 0 Å². The molecule has 5 heteroatoms. The van der Waals surface area contributed by atoms with Crippen molar-refractivity contribution in [1.82, 2.24) is 0 Å². The van der Waals surface area contributed by atoms with Gasteiger partial charge in [-0.05, 0) is 18.3 Å². The molecule has 0 aromatic carbocycles. The minimum atomic E-state index is -0.708. The van der Waals surface area contributed by atoms with Crippen LogP contribution in [0.4, 0.5) is 0 Å². The molecule has 0 aliphatic rings. The Hall–Kier alpha value is -0.970. The van der Waals surface area contributed by atoms with Crippen LogP contribution in [-0.4, -0.2) is 30.0 Å². The summed E-state index contributed by atoms with van der Waals surface area (Å²) >= 11 is 0. The number of hydrogen-bond donors (Lipinski definition) is 0. The van der Waals surface area contributed by atoms with Gasteiger partial charge in [0.1, 0.15) is 12.4 Å². The number of carbonyl (C=O) groups excluding carboxylic acids is 1. The second kappa shape index (κ2) is 7.46. The Morgan fingerprint density at radius 3 is 2.06 bits per heavy atom. The van der Waals surface area contributed by atoms with Gasteiger partial charge in [0.25, 0.3) is 0 Å². The number of hydrogen-bond acceptors (Lipinski definition) is 4. The van der Waals surface area contributed by atoms with Gasteiger partial charge < -0.3 is 9.53 Å². The van der Waals surface area contributed by atoms with Crippen molar-refractivity contribution in [3.8, 4) is 0 Å². The summed E-state index contributed by atoms with van der Waals surface area (Å²) in [6, 6.07) is 0. The van der Waals surface area contributed by atoms with Crippen LogP contribution in [0.3, 0.4) is 0 Å². The van der Waals surface area contributed by atoms with E-state index in [9.17, 15) is 14.9 Å². The summed E-state index contributed by atoms with van der Waals surface area (Å²) in [5, 5.41) is 10.7. The predicted octanol–water partition coefficient (Wildman–Crippen LogP) is 2.70. The molecule has 18 heavy (non-hydrogen) atoms. The fourth-order valence-corrected chi connectivity index (χ4v) is 1.96. The smallest absolute Gasteiger partial charge is 0.210 e. The normalized spacial score (nSPS) is 15.4. The first-order chi connectivity index (χ1) is 8.26. The highest BCUT2D eigenvalue weighted by Crippen LogP contribution is 2.30. The standard InChI is InChI=1S/C13H25NO4/c1-6-10(7-2)18-12(9-15)11(8-14(16)17)13(3,4)5/h9-12H,6-8H2,1-5H3/t11-,12-/m1/s1. The molecule has 0 aromatic rings. The molecule has 0 fully saturated rings. The van der Waals surface area contributed by atoms with E-state index in [0.717, 1.165) is 12.8 Å². The molecule has 0 saturated heterocycles. The van der Waals surface area contributed by atoms with Crippen LogP contribution in [0.25, 0.3) is 0 Å². The van der Waals surface area contributed by atoms with E-state index in [1.54, 1.807) is 0 Å². The number of aldehydes is 1. The molecule has 0 N–H and O–H groups in total. The van der Waals surface area contributed by atoms with Crippen LogP contribution in [0.15, 0.2) is 0 Å². The molecule has 0 heterocycles. The molecule has 0 radical (unpaired) electrons. The first kappa shape index (κ1) is 17.0. The van der Waals surface area contributed by atoms with Crippen molar-refractivity contribution in [2.24, 2.45) is 11.3 Å². The third kappa shape index (κ3) is 5.58. The highest BCUT2D eigenvalue weighted by molar-refractivity contribution is 5.57. The summed E-state index contributed by atoms with van der Waals surface area (Å²) < 4.78 is 5.72. The van der Waals surface area contributed by atoms with Gasteiger partial charge in [-0.25, -0.2) is 0 Å². The van der Waals surface area contributed by atoms with Crippen molar-refractivity contribution in [1.29, 1.82) is 0 Å². The average molecular weight is 259 g/mol. The van der Waals surface area contributed by atoms with E-state index in [0.29, 0.717) is 6.29 Å². The van der Waals surface area contributed by atoms with Crippen molar-refractivity contribution < 1.29 is 14.5 Å². The molecular weight excluding hydrogens is 234 g/mol. The maximum absolute atomic E-state index is 11.2. The number of nitrogens with zero attached hydrogens (tertiary/aromatic N) is 1. The van der Waals surface area contributed by atoms with Crippen LogP contribution in [0, 0.1) is 21.4 Å². The largest absolute Gasteiger partial charge is 0.367 e. The van der Waals surface area contributed by atoms with Crippen LogP contribution >= 0.6 is 0 Å². The van der Waals surface area contributed by atoms with Gasteiger partial charge in [0.05, 0.1) is 12.0 Å². The predicted molar refractivity (Wildman–Crippen MR) is 70.1 cm³/mol. The second-order valence-electron chi connectivity index (χ2n) is 5.66. The van der Waals surface area contributed by atoms with Gasteiger partial charge >= 0.3 is 0 Å². The van der Waals surface area contributed by atoms with E-state index in [2.05, 4.69) is 0 Å². The monoisotopic (exact) mass is 259 g/mol. The first-order valence-electron chi connectivity index (χ1n) is 6.48. The van der Waals surface area contributed by atoms with Gasteiger partial charge in [-0.3, -0.25) is 10.1 Å². The highest BCUT2D eigenvalue weighted by Gasteiger charge is 2.37. The summed E-state index contributed by atoms with van der Waals surface area (Å²) in [7, 11) is 0. The number of nitro groups is 1. The lowest BCUT2D eigenvalue weighted by Crippen LogP contribution is -2.41. The zero-order chi connectivity index (χ0) is 14.3. The summed E-state index contributed by atoms with van der Waals surface area (Å²) in [6.07, 6.45) is 1.58. The maximum atomic E-state index is 11.2. The molecule has 0 unspecified atom stereocenters. The van der Waals surface area contributed by atoms with Crippen molar-refractivity contribution in [3.63, 3.8) is 0 Å². The van der Waals surface area contributed by atoms with Crippen molar-refractivity contribution in [2.75, 3.05) is 6.54 Å². The van der Waals surface area contributed by atoms with E-state index < -0.39 is 12.0 Å². The zero-order valence-corrected chi connectivity index (χ0v) is 12.0. The fourth-order valence-electron chi connectivity index (χ4n) is 1.96. The Labute approximate surface area is 109 Å². The molecule has 0 aliphatic heterocycles. The molecule has 2 atom stereocenters. The summed E-state index contributed by atoms with van der Waals surface area (Å²) in [5.74, 6) is -0.411. The van der Waals surface area contributed by atoms with Crippen LogP contribution in [0.2, 0.25) is 0 Å². The third-order valence-electron chi connectivity index (χ3n) is 3.25. The van der Waals surface area contributed by atoms with E-state index in [-0.39, 0.29) is 23.0 Å². The zero-order valence-electron chi connectivity index (χ0n) is 12.0. The van der Waals surface area contributed by atoms with Crippen molar-refractivity contribution in [3.05, 3.63) is 10.1 Å². The van der Waals surface area contributed by atoms with Gasteiger partial charge in [0.2, 0.25) is 6.54 Å². The van der Waals surface area contributed by atoms with Gasteiger partial charge in [-0.15, -0.1) is 0 Å². The molecular formula is C13H25NO4. The number of ether oxygens (including phenoxy) is 1. The topological polar surface area (TPSA) is 69.4 Å². The average Bonchev–Trinajstić information content (AvgIpc) is 2.27. The molecule has 106 valence electrons. The summed E-state index contributed by atoms with van der Waals surface area (Å²) in [6.45, 7) is 9.41. The number of carbonyl (C=O) groups is 1. The van der Waals surface area contributed by atoms with E-state index in [1.165, 1.54) is 0 Å². The third-order valence-corrected chi connectivity index (χ3v) is 3.25.